The molecule has 8 nitrogen and oxygen atoms in total. The summed E-state index contributed by atoms with van der Waals surface area (Å²) in [5.74, 6) is 0.774. The van der Waals surface area contributed by atoms with Crippen molar-refractivity contribution in [2.45, 2.75) is 13.3 Å². The van der Waals surface area contributed by atoms with Gasteiger partial charge in [0, 0.05) is 24.2 Å². The first-order chi connectivity index (χ1) is 14.2. The van der Waals surface area contributed by atoms with Gasteiger partial charge in [-0.1, -0.05) is 13.0 Å². The highest BCUT2D eigenvalue weighted by atomic mass is 31.2. The van der Waals surface area contributed by atoms with E-state index in [9.17, 15) is 9.36 Å². The quantitative estimate of drug-likeness (QED) is 0.434. The maximum atomic E-state index is 12.3. The third-order valence-electron chi connectivity index (χ3n) is 4.50. The molecule has 0 aliphatic carbocycles. The molecule has 3 aromatic rings. The Kier molecular flexibility index (Phi) is 6.17. The predicted octanol–water partition coefficient (Wildman–Crippen LogP) is 3.71. The minimum atomic E-state index is -2.49. The molecular weight excluding hydrogens is 401 g/mol. The maximum absolute atomic E-state index is 12.3. The van der Waals surface area contributed by atoms with Crippen LogP contribution < -0.4 is 21.2 Å². The number of rotatable bonds is 7. The van der Waals surface area contributed by atoms with Crippen LogP contribution in [-0.2, 0) is 4.57 Å². The van der Waals surface area contributed by atoms with Crippen LogP contribution in [0, 0.1) is 0 Å². The SMILES string of the molecule is CCC(=O)c1cnc(N)cc1Nc1cccc(-c2cnc(P(C)(C)=O)cn2)c1OC. The van der Waals surface area contributed by atoms with Gasteiger partial charge >= 0.3 is 0 Å². The Labute approximate surface area is 175 Å². The molecule has 0 aliphatic heterocycles. The summed E-state index contributed by atoms with van der Waals surface area (Å²) in [6, 6.07) is 7.13. The van der Waals surface area contributed by atoms with Gasteiger partial charge in [-0.2, -0.15) is 0 Å². The number of ketones is 1. The number of methoxy groups -OCH3 is 1. The van der Waals surface area contributed by atoms with Crippen molar-refractivity contribution in [1.82, 2.24) is 15.0 Å². The fourth-order valence-corrected chi connectivity index (χ4v) is 3.60. The molecule has 0 bridgehead atoms. The molecule has 0 saturated heterocycles. The summed E-state index contributed by atoms with van der Waals surface area (Å²) < 4.78 is 17.8. The lowest BCUT2D eigenvalue weighted by Crippen LogP contribution is -2.09. The number of benzene rings is 1. The number of pyridine rings is 1. The Balaban J connectivity index is 2.04. The topological polar surface area (TPSA) is 120 Å². The molecule has 0 atom stereocenters. The van der Waals surface area contributed by atoms with E-state index in [-0.39, 0.29) is 5.78 Å². The second kappa shape index (κ2) is 8.63. The van der Waals surface area contributed by atoms with Gasteiger partial charge in [-0.05, 0) is 25.5 Å². The Morgan fingerprint density at radius 2 is 1.90 bits per heavy atom. The van der Waals surface area contributed by atoms with E-state index in [1.807, 2.05) is 18.2 Å². The number of anilines is 3. The zero-order valence-corrected chi connectivity index (χ0v) is 18.2. The number of nitrogens with two attached hydrogens (primary N) is 1. The number of carbonyl (C=O) groups excluding carboxylic acids is 1. The van der Waals surface area contributed by atoms with Crippen molar-refractivity contribution < 1.29 is 14.1 Å². The number of nitrogens with one attached hydrogen (secondary N) is 1. The monoisotopic (exact) mass is 425 g/mol. The van der Waals surface area contributed by atoms with Crippen molar-refractivity contribution in [1.29, 1.82) is 0 Å². The zero-order chi connectivity index (χ0) is 21.9. The number of nitrogens with zero attached hydrogens (tertiary/aromatic N) is 3. The van der Waals surface area contributed by atoms with E-state index in [0.717, 1.165) is 0 Å². The van der Waals surface area contributed by atoms with Crippen molar-refractivity contribution >= 4 is 35.6 Å². The van der Waals surface area contributed by atoms with Gasteiger partial charge in [0.25, 0.3) is 0 Å². The fraction of sp³-hybridized carbons (Fsp3) is 0.238. The van der Waals surface area contributed by atoms with Crippen LogP contribution in [0.25, 0.3) is 11.3 Å². The molecule has 0 unspecified atom stereocenters. The van der Waals surface area contributed by atoms with E-state index < -0.39 is 7.14 Å². The van der Waals surface area contributed by atoms with Crippen LogP contribution in [0.2, 0.25) is 0 Å². The summed E-state index contributed by atoms with van der Waals surface area (Å²) in [4.78, 5) is 25.1. The lowest BCUT2D eigenvalue weighted by molar-refractivity contribution is 0.0988. The van der Waals surface area contributed by atoms with Crippen molar-refractivity contribution in [2.75, 3.05) is 31.5 Å². The van der Waals surface area contributed by atoms with Gasteiger partial charge in [0.2, 0.25) is 0 Å². The van der Waals surface area contributed by atoms with Gasteiger partial charge < -0.3 is 20.4 Å². The first-order valence-electron chi connectivity index (χ1n) is 9.35. The number of carbonyl (C=O) groups is 1. The Morgan fingerprint density at radius 3 is 2.50 bits per heavy atom. The van der Waals surface area contributed by atoms with Crippen molar-refractivity contribution in [3.8, 4) is 17.0 Å². The van der Waals surface area contributed by atoms with Crippen LogP contribution in [0.5, 0.6) is 5.75 Å². The smallest absolute Gasteiger partial charge is 0.166 e. The average molecular weight is 425 g/mol. The van der Waals surface area contributed by atoms with Crippen LogP contribution in [0.3, 0.4) is 0 Å². The lowest BCUT2D eigenvalue weighted by Gasteiger charge is -2.17. The molecule has 0 saturated carbocycles. The molecule has 0 radical (unpaired) electrons. The summed E-state index contributed by atoms with van der Waals surface area (Å²) in [5, 5.41) is 3.24. The van der Waals surface area contributed by atoms with Crippen LogP contribution in [-0.4, -0.2) is 41.2 Å². The van der Waals surface area contributed by atoms with Gasteiger partial charge in [-0.3, -0.25) is 9.78 Å². The molecule has 156 valence electrons. The number of Topliss-reactive ketones (excluding diaryl/α,β-unsaturated/α-hetero) is 1. The van der Waals surface area contributed by atoms with Crippen LogP contribution in [0.4, 0.5) is 17.2 Å². The first-order valence-corrected chi connectivity index (χ1v) is 12.0. The van der Waals surface area contributed by atoms with Crippen LogP contribution in [0.1, 0.15) is 23.7 Å². The van der Waals surface area contributed by atoms with Crippen molar-refractivity contribution in [3.05, 3.63) is 48.4 Å². The maximum Gasteiger partial charge on any atom is 0.166 e. The normalized spacial score (nSPS) is 11.2. The summed E-state index contributed by atoms with van der Waals surface area (Å²) in [7, 11) is -0.941. The highest BCUT2D eigenvalue weighted by molar-refractivity contribution is 7.69. The number of hydrogen-bond acceptors (Lipinski definition) is 8. The molecule has 30 heavy (non-hydrogen) atoms. The molecule has 0 spiro atoms. The Morgan fingerprint density at radius 1 is 1.13 bits per heavy atom. The lowest BCUT2D eigenvalue weighted by atomic mass is 10.1. The number of para-hydroxylation sites is 1. The molecule has 3 rings (SSSR count). The highest BCUT2D eigenvalue weighted by Gasteiger charge is 2.18. The summed E-state index contributed by atoms with van der Waals surface area (Å²) in [6.45, 7) is 5.09. The van der Waals surface area contributed by atoms with E-state index >= 15 is 0 Å². The predicted molar refractivity (Wildman–Crippen MR) is 120 cm³/mol. The van der Waals surface area contributed by atoms with Gasteiger partial charge in [0.05, 0.1) is 42.1 Å². The standard InChI is InChI=1S/C21H24N5O3P/c1-5-18(27)14-10-24-19(22)9-16(14)26-15-8-6-7-13(21(15)29-2)17-11-25-20(12-23-17)30(3,4)28/h6-12H,5H2,1-4H3,(H3,22,24,26). The zero-order valence-electron chi connectivity index (χ0n) is 17.3. The summed E-state index contributed by atoms with van der Waals surface area (Å²) in [6.07, 6.45) is 4.92. The summed E-state index contributed by atoms with van der Waals surface area (Å²) >= 11 is 0. The van der Waals surface area contributed by atoms with Crippen LogP contribution >= 0.6 is 7.14 Å². The van der Waals surface area contributed by atoms with Gasteiger partial charge in [0.1, 0.15) is 18.4 Å². The van der Waals surface area contributed by atoms with Gasteiger partial charge in [-0.25, -0.2) is 9.97 Å². The molecule has 2 heterocycles. The number of ether oxygens (including phenoxy) is 1. The average Bonchev–Trinajstić information content (AvgIpc) is 2.72. The Bertz CT molecular complexity index is 1130. The van der Waals surface area contributed by atoms with E-state index in [4.69, 9.17) is 10.5 Å². The molecule has 0 amide bonds. The van der Waals surface area contributed by atoms with Gasteiger partial charge in [0.15, 0.2) is 11.5 Å². The Hall–Kier alpha value is -3.25. The minimum absolute atomic E-state index is 0.0508. The van der Waals surface area contributed by atoms with E-state index in [1.54, 1.807) is 39.6 Å². The van der Waals surface area contributed by atoms with Gasteiger partial charge in [-0.15, -0.1) is 0 Å². The molecule has 0 fully saturated rings. The summed E-state index contributed by atoms with van der Waals surface area (Å²) in [5.41, 5.74) is 9.20. The fourth-order valence-electron chi connectivity index (χ4n) is 2.93. The van der Waals surface area contributed by atoms with E-state index in [1.165, 1.54) is 12.4 Å². The van der Waals surface area contributed by atoms with Crippen LogP contribution in [0.15, 0.2) is 42.9 Å². The highest BCUT2D eigenvalue weighted by Crippen LogP contribution is 2.38. The molecule has 0 aliphatic rings. The number of aromatic nitrogens is 3. The third-order valence-corrected chi connectivity index (χ3v) is 5.84. The van der Waals surface area contributed by atoms with Crippen molar-refractivity contribution in [3.63, 3.8) is 0 Å². The molecular formula is C21H24N5O3P. The molecule has 1 aromatic carbocycles. The molecule has 2 aromatic heterocycles. The first kappa shape index (κ1) is 21.5. The van der Waals surface area contributed by atoms with Crippen molar-refractivity contribution in [2.24, 2.45) is 0 Å². The molecule has 3 N–H and O–H groups in total. The number of nitrogen functional groups attached to an aromatic ring is 1. The minimum Gasteiger partial charge on any atom is -0.494 e. The third kappa shape index (κ3) is 4.49. The second-order valence-electron chi connectivity index (χ2n) is 7.05. The largest absolute Gasteiger partial charge is 0.494 e. The number of hydrogen-bond donors (Lipinski definition) is 2. The molecule has 9 heteroatoms. The second-order valence-corrected chi connectivity index (χ2v) is 10.2. The van der Waals surface area contributed by atoms with E-state index in [2.05, 4.69) is 20.3 Å². The van der Waals surface area contributed by atoms with E-state index in [0.29, 0.717) is 51.6 Å².